The van der Waals surface area contributed by atoms with Crippen molar-refractivity contribution in [3.05, 3.63) is 68.4 Å². The lowest BCUT2D eigenvalue weighted by Crippen LogP contribution is -2.00. The summed E-state index contributed by atoms with van der Waals surface area (Å²) in [6.45, 7) is 0. The second-order valence-electron chi connectivity index (χ2n) is 4.40. The van der Waals surface area contributed by atoms with Crippen molar-refractivity contribution in [2.24, 2.45) is 0 Å². The molecule has 0 N–H and O–H groups in total. The third-order valence-electron chi connectivity index (χ3n) is 3.00. The van der Waals surface area contributed by atoms with Crippen molar-refractivity contribution in [2.75, 3.05) is 0 Å². The Bertz CT molecular complexity index is 866. The van der Waals surface area contributed by atoms with Crippen molar-refractivity contribution < 1.29 is 4.92 Å². The molecule has 2 aromatic carbocycles. The van der Waals surface area contributed by atoms with Crippen LogP contribution < -0.4 is 0 Å². The number of hydrogen-bond donors (Lipinski definition) is 0. The first-order valence-electron chi connectivity index (χ1n) is 6.16. The van der Waals surface area contributed by atoms with Crippen LogP contribution in [-0.2, 0) is 0 Å². The second-order valence-corrected chi connectivity index (χ2v) is 5.72. The molecule has 0 aliphatic heterocycles. The van der Waals surface area contributed by atoms with E-state index in [1.54, 1.807) is 10.7 Å². The minimum atomic E-state index is -0.522. The highest BCUT2D eigenvalue weighted by Gasteiger charge is 2.17. The summed E-state index contributed by atoms with van der Waals surface area (Å²) in [7, 11) is 0. The van der Waals surface area contributed by atoms with E-state index in [0.717, 1.165) is 10.2 Å². The van der Waals surface area contributed by atoms with E-state index in [1.807, 2.05) is 24.3 Å². The summed E-state index contributed by atoms with van der Waals surface area (Å²) in [4.78, 5) is 14.7. The van der Waals surface area contributed by atoms with E-state index in [2.05, 4.69) is 26.0 Å². The van der Waals surface area contributed by atoms with Gasteiger partial charge in [0.15, 0.2) is 5.82 Å². The SMILES string of the molecule is O=[N+]([O-])c1cc(-c2ncnn2-c2cccc(Br)c2)ccc1Cl. The standard InChI is InChI=1S/C14H8BrClN4O2/c15-10-2-1-3-11(7-10)19-14(17-8-18-19)9-4-5-12(16)13(6-9)20(21)22/h1-8H. The van der Waals surface area contributed by atoms with Gasteiger partial charge in [-0.2, -0.15) is 5.10 Å². The molecule has 0 saturated heterocycles. The maximum absolute atomic E-state index is 11.0. The molecule has 8 heteroatoms. The number of hydrogen-bond acceptors (Lipinski definition) is 4. The molecule has 0 radical (unpaired) electrons. The first-order chi connectivity index (χ1) is 10.6. The fourth-order valence-corrected chi connectivity index (χ4v) is 2.60. The van der Waals surface area contributed by atoms with Gasteiger partial charge in [-0.25, -0.2) is 9.67 Å². The third kappa shape index (κ3) is 2.72. The summed E-state index contributed by atoms with van der Waals surface area (Å²) in [5, 5.41) is 15.3. The maximum Gasteiger partial charge on any atom is 0.288 e. The summed E-state index contributed by atoms with van der Waals surface area (Å²) in [6, 6.07) is 12.1. The summed E-state index contributed by atoms with van der Waals surface area (Å²) in [5.41, 5.74) is 1.19. The highest BCUT2D eigenvalue weighted by atomic mass is 79.9. The van der Waals surface area contributed by atoms with Crippen LogP contribution in [0.3, 0.4) is 0 Å². The molecule has 6 nitrogen and oxygen atoms in total. The number of halogens is 2. The van der Waals surface area contributed by atoms with Crippen molar-refractivity contribution in [3.63, 3.8) is 0 Å². The summed E-state index contributed by atoms with van der Waals surface area (Å²) >= 11 is 9.24. The van der Waals surface area contributed by atoms with Crippen molar-refractivity contribution in [3.8, 4) is 17.1 Å². The lowest BCUT2D eigenvalue weighted by Gasteiger charge is -2.07. The summed E-state index contributed by atoms with van der Waals surface area (Å²) in [5.74, 6) is 0.498. The van der Waals surface area contributed by atoms with Gasteiger partial charge in [-0.3, -0.25) is 10.1 Å². The zero-order valence-electron chi connectivity index (χ0n) is 11.0. The molecule has 0 saturated carbocycles. The van der Waals surface area contributed by atoms with E-state index in [0.29, 0.717) is 11.4 Å². The van der Waals surface area contributed by atoms with Gasteiger partial charge in [-0.1, -0.05) is 33.6 Å². The summed E-state index contributed by atoms with van der Waals surface area (Å²) in [6.07, 6.45) is 1.40. The molecule has 22 heavy (non-hydrogen) atoms. The Morgan fingerprint density at radius 2 is 2.05 bits per heavy atom. The highest BCUT2D eigenvalue weighted by molar-refractivity contribution is 9.10. The van der Waals surface area contributed by atoms with Gasteiger partial charge in [-0.05, 0) is 30.3 Å². The van der Waals surface area contributed by atoms with Crippen LogP contribution in [0.25, 0.3) is 17.1 Å². The highest BCUT2D eigenvalue weighted by Crippen LogP contribution is 2.30. The van der Waals surface area contributed by atoms with Gasteiger partial charge in [0.25, 0.3) is 5.69 Å². The van der Waals surface area contributed by atoms with Gasteiger partial charge in [0, 0.05) is 16.1 Å². The Morgan fingerprint density at radius 1 is 1.23 bits per heavy atom. The van der Waals surface area contributed by atoms with Crippen LogP contribution in [0.5, 0.6) is 0 Å². The molecule has 110 valence electrons. The fraction of sp³-hybridized carbons (Fsp3) is 0. The molecular weight excluding hydrogens is 372 g/mol. The molecular formula is C14H8BrClN4O2. The smallest absolute Gasteiger partial charge is 0.258 e. The van der Waals surface area contributed by atoms with Crippen LogP contribution in [0, 0.1) is 10.1 Å². The average molecular weight is 380 g/mol. The van der Waals surface area contributed by atoms with Crippen molar-refractivity contribution in [2.45, 2.75) is 0 Å². The van der Waals surface area contributed by atoms with Crippen molar-refractivity contribution in [1.29, 1.82) is 0 Å². The number of nitrogens with zero attached hydrogens (tertiary/aromatic N) is 4. The van der Waals surface area contributed by atoms with Crippen LogP contribution in [0.15, 0.2) is 53.3 Å². The Morgan fingerprint density at radius 3 is 2.77 bits per heavy atom. The van der Waals surface area contributed by atoms with Crippen LogP contribution in [0.1, 0.15) is 0 Å². The van der Waals surface area contributed by atoms with E-state index in [1.165, 1.54) is 18.5 Å². The second kappa shape index (κ2) is 5.86. The molecule has 3 aromatic rings. The number of nitro groups is 1. The van der Waals surface area contributed by atoms with Crippen LogP contribution in [0.4, 0.5) is 5.69 Å². The maximum atomic E-state index is 11.0. The molecule has 0 bridgehead atoms. The van der Waals surface area contributed by atoms with Gasteiger partial charge in [0.05, 0.1) is 10.6 Å². The van der Waals surface area contributed by atoms with Gasteiger partial charge in [-0.15, -0.1) is 0 Å². The number of rotatable bonds is 3. The number of aromatic nitrogens is 3. The number of nitro benzene ring substituents is 1. The average Bonchev–Trinajstić information content (AvgIpc) is 2.97. The zero-order valence-corrected chi connectivity index (χ0v) is 13.3. The van der Waals surface area contributed by atoms with E-state index in [9.17, 15) is 10.1 Å². The normalized spacial score (nSPS) is 10.6. The lowest BCUT2D eigenvalue weighted by molar-refractivity contribution is -0.384. The molecule has 0 atom stereocenters. The monoisotopic (exact) mass is 378 g/mol. The van der Waals surface area contributed by atoms with Gasteiger partial charge >= 0.3 is 0 Å². The third-order valence-corrected chi connectivity index (χ3v) is 3.81. The van der Waals surface area contributed by atoms with Crippen LogP contribution >= 0.6 is 27.5 Å². The van der Waals surface area contributed by atoms with E-state index >= 15 is 0 Å². The van der Waals surface area contributed by atoms with E-state index in [-0.39, 0.29) is 10.7 Å². The molecule has 0 aliphatic rings. The Balaban J connectivity index is 2.13. The topological polar surface area (TPSA) is 73.8 Å². The summed E-state index contributed by atoms with van der Waals surface area (Å²) < 4.78 is 2.51. The van der Waals surface area contributed by atoms with Gasteiger partial charge in [0.2, 0.25) is 0 Å². The molecule has 1 aromatic heterocycles. The zero-order chi connectivity index (χ0) is 15.7. The minimum Gasteiger partial charge on any atom is -0.258 e. The Hall–Kier alpha value is -2.25. The minimum absolute atomic E-state index is 0.0854. The Kier molecular flexibility index (Phi) is 3.91. The van der Waals surface area contributed by atoms with Crippen molar-refractivity contribution in [1.82, 2.24) is 14.8 Å². The molecule has 3 rings (SSSR count). The molecule has 0 aliphatic carbocycles. The first-order valence-corrected chi connectivity index (χ1v) is 7.33. The van der Waals surface area contributed by atoms with Crippen LogP contribution in [-0.4, -0.2) is 19.7 Å². The molecule has 0 fully saturated rings. The van der Waals surface area contributed by atoms with Crippen molar-refractivity contribution >= 4 is 33.2 Å². The molecule has 1 heterocycles. The molecule has 0 unspecified atom stereocenters. The van der Waals surface area contributed by atoms with E-state index < -0.39 is 4.92 Å². The molecule has 0 amide bonds. The predicted octanol–water partition coefficient (Wildman–Crippen LogP) is 4.26. The quantitative estimate of drug-likeness (QED) is 0.503. The predicted molar refractivity (Wildman–Crippen MR) is 86.2 cm³/mol. The molecule has 0 spiro atoms. The van der Waals surface area contributed by atoms with Crippen LogP contribution in [0.2, 0.25) is 5.02 Å². The van der Waals surface area contributed by atoms with Gasteiger partial charge < -0.3 is 0 Å². The largest absolute Gasteiger partial charge is 0.288 e. The lowest BCUT2D eigenvalue weighted by atomic mass is 10.2. The first kappa shape index (κ1) is 14.7. The fourth-order valence-electron chi connectivity index (χ4n) is 2.03. The number of benzene rings is 2. The van der Waals surface area contributed by atoms with Gasteiger partial charge in [0.1, 0.15) is 11.3 Å². The Labute approximate surface area is 138 Å². The van der Waals surface area contributed by atoms with E-state index in [4.69, 9.17) is 11.6 Å².